The van der Waals surface area contributed by atoms with Gasteiger partial charge in [-0.3, -0.25) is 0 Å². The summed E-state index contributed by atoms with van der Waals surface area (Å²) in [6.07, 6.45) is 7.66. The van der Waals surface area contributed by atoms with Gasteiger partial charge in [0.1, 0.15) is 0 Å². The smallest absolute Gasteiger partial charge is 0.0931 e. The van der Waals surface area contributed by atoms with Crippen molar-refractivity contribution >= 4 is 0 Å². The largest absolute Gasteiger partial charge is 0.393 e. The zero-order valence-corrected chi connectivity index (χ0v) is 12.8. The van der Waals surface area contributed by atoms with E-state index in [2.05, 4.69) is 5.73 Å². The van der Waals surface area contributed by atoms with Crippen LogP contribution in [0.3, 0.4) is 0 Å². The molecular formula is C17H26O3. The average molecular weight is 278 g/mol. The second kappa shape index (κ2) is 6.55. The van der Waals surface area contributed by atoms with E-state index in [0.29, 0.717) is 12.8 Å². The molecule has 0 heterocycles. The monoisotopic (exact) mass is 278 g/mol. The van der Waals surface area contributed by atoms with Crippen LogP contribution in [0.5, 0.6) is 0 Å². The predicted octanol–water partition coefficient (Wildman–Crippen LogP) is 2.49. The maximum absolute atomic E-state index is 10.5. The first-order chi connectivity index (χ1) is 9.19. The van der Waals surface area contributed by atoms with Crippen molar-refractivity contribution in [3.63, 3.8) is 0 Å². The molecule has 0 unspecified atom stereocenters. The van der Waals surface area contributed by atoms with E-state index in [1.165, 1.54) is 0 Å². The molecule has 0 aromatic carbocycles. The zero-order chi connectivity index (χ0) is 15.4. The second-order valence-electron chi connectivity index (χ2n) is 6.40. The van der Waals surface area contributed by atoms with Crippen LogP contribution in [0.1, 0.15) is 40.5 Å². The van der Waals surface area contributed by atoms with Gasteiger partial charge >= 0.3 is 0 Å². The second-order valence-corrected chi connectivity index (χ2v) is 6.40. The van der Waals surface area contributed by atoms with Crippen LogP contribution in [0.4, 0.5) is 0 Å². The summed E-state index contributed by atoms with van der Waals surface area (Å²) in [5.41, 5.74) is 3.72. The number of aliphatic hydroxyl groups excluding tert-OH is 2. The standard InChI is InChI=1S/C17H26O3/c1-13(7-5-6-10-18)8-9-15-16(2,3)11-14(19)12-17(15,4)20/h5-8,14,18-20H,10-12H2,1-4H3/b6-5+,13-7+/t9?,14-,17+/m0/s1. The zero-order valence-electron chi connectivity index (χ0n) is 12.8. The summed E-state index contributed by atoms with van der Waals surface area (Å²) in [4.78, 5) is 0. The minimum atomic E-state index is -1.03. The van der Waals surface area contributed by atoms with Crippen LogP contribution >= 0.6 is 0 Å². The van der Waals surface area contributed by atoms with Crippen LogP contribution in [0, 0.1) is 5.41 Å². The van der Waals surface area contributed by atoms with Gasteiger partial charge in [-0.2, -0.15) is 0 Å². The van der Waals surface area contributed by atoms with Crippen molar-refractivity contribution in [3.8, 4) is 0 Å². The summed E-state index contributed by atoms with van der Waals surface area (Å²) in [5.74, 6) is 0. The summed E-state index contributed by atoms with van der Waals surface area (Å²) in [5, 5.41) is 29.1. The highest BCUT2D eigenvalue weighted by Crippen LogP contribution is 2.45. The van der Waals surface area contributed by atoms with Gasteiger partial charge in [0.2, 0.25) is 0 Å². The summed E-state index contributed by atoms with van der Waals surface area (Å²) in [7, 11) is 0. The van der Waals surface area contributed by atoms with Crippen LogP contribution in [-0.4, -0.2) is 33.6 Å². The van der Waals surface area contributed by atoms with Gasteiger partial charge in [0.05, 0.1) is 18.3 Å². The molecule has 3 heteroatoms. The molecule has 3 N–H and O–H groups in total. The minimum absolute atomic E-state index is 0.0220. The van der Waals surface area contributed by atoms with Gasteiger partial charge < -0.3 is 15.3 Å². The average Bonchev–Trinajstić information content (AvgIpc) is 2.25. The molecule has 1 aliphatic rings. The molecule has 1 saturated carbocycles. The molecular weight excluding hydrogens is 252 g/mol. The Kier molecular flexibility index (Phi) is 5.55. The lowest BCUT2D eigenvalue weighted by atomic mass is 9.65. The van der Waals surface area contributed by atoms with Crippen molar-refractivity contribution in [2.24, 2.45) is 5.41 Å². The number of rotatable bonds is 3. The summed E-state index contributed by atoms with van der Waals surface area (Å²) in [6.45, 7) is 7.73. The van der Waals surface area contributed by atoms with Crippen LogP contribution in [-0.2, 0) is 0 Å². The maximum Gasteiger partial charge on any atom is 0.0931 e. The summed E-state index contributed by atoms with van der Waals surface area (Å²) in [6, 6.07) is 0. The molecule has 0 radical (unpaired) electrons. The Morgan fingerprint density at radius 3 is 2.55 bits per heavy atom. The lowest BCUT2D eigenvalue weighted by Crippen LogP contribution is -2.45. The third-order valence-electron chi connectivity index (χ3n) is 3.64. The molecule has 1 rings (SSSR count). The van der Waals surface area contributed by atoms with Crippen LogP contribution < -0.4 is 0 Å². The first-order valence-corrected chi connectivity index (χ1v) is 7.01. The van der Waals surface area contributed by atoms with Gasteiger partial charge in [0, 0.05) is 12.0 Å². The summed E-state index contributed by atoms with van der Waals surface area (Å²) >= 11 is 0. The van der Waals surface area contributed by atoms with Gasteiger partial charge in [0.25, 0.3) is 0 Å². The van der Waals surface area contributed by atoms with Crippen LogP contribution in [0.2, 0.25) is 0 Å². The highest BCUT2D eigenvalue weighted by atomic mass is 16.3. The van der Waals surface area contributed by atoms with Crippen LogP contribution in [0.15, 0.2) is 41.2 Å². The molecule has 0 aromatic heterocycles. The van der Waals surface area contributed by atoms with E-state index < -0.39 is 11.7 Å². The van der Waals surface area contributed by atoms with Crippen molar-refractivity contribution < 1.29 is 15.3 Å². The van der Waals surface area contributed by atoms with E-state index in [4.69, 9.17) is 5.11 Å². The molecule has 0 saturated heterocycles. The molecule has 0 aromatic rings. The first-order valence-electron chi connectivity index (χ1n) is 7.01. The molecule has 112 valence electrons. The van der Waals surface area contributed by atoms with Gasteiger partial charge in [0.15, 0.2) is 0 Å². The van der Waals surface area contributed by atoms with Gasteiger partial charge in [-0.15, -0.1) is 5.73 Å². The molecule has 0 amide bonds. The molecule has 0 bridgehead atoms. The van der Waals surface area contributed by atoms with Crippen molar-refractivity contribution in [3.05, 3.63) is 41.2 Å². The van der Waals surface area contributed by atoms with E-state index >= 15 is 0 Å². The molecule has 0 spiro atoms. The number of aliphatic hydroxyl groups is 3. The van der Waals surface area contributed by atoms with E-state index in [-0.39, 0.29) is 12.0 Å². The lowest BCUT2D eigenvalue weighted by Gasteiger charge is -2.43. The Bertz CT molecular complexity index is 441. The van der Waals surface area contributed by atoms with Crippen molar-refractivity contribution in [2.45, 2.75) is 52.2 Å². The SMILES string of the molecule is C/C(C=C=C1C(C)(C)C[C@H](O)C[C@@]1(C)O)=C\C=C\CO. The quantitative estimate of drug-likeness (QED) is 0.549. The van der Waals surface area contributed by atoms with E-state index in [0.717, 1.165) is 11.1 Å². The number of hydrogen-bond donors (Lipinski definition) is 3. The van der Waals surface area contributed by atoms with E-state index in [1.54, 1.807) is 19.1 Å². The highest BCUT2D eigenvalue weighted by molar-refractivity contribution is 5.30. The molecule has 1 fully saturated rings. The number of hydrogen-bond acceptors (Lipinski definition) is 3. The Balaban J connectivity index is 3.10. The lowest BCUT2D eigenvalue weighted by molar-refractivity contribution is -0.0268. The number of allylic oxidation sites excluding steroid dienone is 3. The Labute approximate surface area is 121 Å². The van der Waals surface area contributed by atoms with Crippen molar-refractivity contribution in [1.82, 2.24) is 0 Å². The minimum Gasteiger partial charge on any atom is -0.393 e. The fraction of sp³-hybridized carbons (Fsp3) is 0.588. The first kappa shape index (κ1) is 16.9. The Morgan fingerprint density at radius 2 is 2.00 bits per heavy atom. The Morgan fingerprint density at radius 1 is 1.35 bits per heavy atom. The normalized spacial score (nSPS) is 30.4. The van der Waals surface area contributed by atoms with Crippen molar-refractivity contribution in [2.75, 3.05) is 6.61 Å². The molecule has 1 aliphatic carbocycles. The van der Waals surface area contributed by atoms with Gasteiger partial charge in [-0.05, 0) is 37.3 Å². The van der Waals surface area contributed by atoms with Crippen molar-refractivity contribution in [1.29, 1.82) is 0 Å². The molecule has 0 aliphatic heterocycles. The third kappa shape index (κ3) is 4.46. The van der Waals surface area contributed by atoms with Gasteiger partial charge in [-0.25, -0.2) is 0 Å². The van der Waals surface area contributed by atoms with Crippen LogP contribution in [0.25, 0.3) is 0 Å². The maximum atomic E-state index is 10.5. The fourth-order valence-corrected chi connectivity index (χ4v) is 2.92. The summed E-state index contributed by atoms with van der Waals surface area (Å²) < 4.78 is 0. The highest BCUT2D eigenvalue weighted by Gasteiger charge is 2.44. The Hall–Kier alpha value is -1.12. The molecule has 3 nitrogen and oxygen atoms in total. The fourth-order valence-electron chi connectivity index (χ4n) is 2.92. The third-order valence-corrected chi connectivity index (χ3v) is 3.64. The van der Waals surface area contributed by atoms with Gasteiger partial charge in [-0.1, -0.05) is 32.1 Å². The molecule has 20 heavy (non-hydrogen) atoms. The molecule has 2 atom stereocenters. The topological polar surface area (TPSA) is 60.7 Å². The van der Waals surface area contributed by atoms with E-state index in [1.807, 2.05) is 32.9 Å². The predicted molar refractivity (Wildman–Crippen MR) is 81.2 cm³/mol. The van der Waals surface area contributed by atoms with E-state index in [9.17, 15) is 10.2 Å².